The molecule has 2 aliphatic rings. The zero-order valence-electron chi connectivity index (χ0n) is 12.5. The van der Waals surface area contributed by atoms with Crippen LogP contribution in [0.3, 0.4) is 0 Å². The smallest absolute Gasteiger partial charge is 0.226 e. The summed E-state index contributed by atoms with van der Waals surface area (Å²) in [6.07, 6.45) is 6.74. The van der Waals surface area contributed by atoms with Crippen molar-refractivity contribution in [3.05, 3.63) is 0 Å². The summed E-state index contributed by atoms with van der Waals surface area (Å²) in [5, 5.41) is 6.59. The van der Waals surface area contributed by atoms with Crippen molar-refractivity contribution in [3.8, 4) is 0 Å². The van der Waals surface area contributed by atoms with Gasteiger partial charge in [-0.05, 0) is 58.8 Å². The minimum absolute atomic E-state index is 0.113. The Hall–Kier alpha value is -0.610. The van der Waals surface area contributed by atoms with Crippen LogP contribution in [-0.4, -0.2) is 50.1 Å². The zero-order valence-corrected chi connectivity index (χ0v) is 12.5. The predicted octanol–water partition coefficient (Wildman–Crippen LogP) is 1.37. The number of amides is 1. The van der Waals surface area contributed by atoms with Crippen molar-refractivity contribution in [2.45, 2.75) is 51.5 Å². The van der Waals surface area contributed by atoms with Gasteiger partial charge in [0.1, 0.15) is 0 Å². The van der Waals surface area contributed by atoms with Gasteiger partial charge in [-0.25, -0.2) is 0 Å². The molecule has 0 bridgehead atoms. The third-order valence-corrected chi connectivity index (χ3v) is 5.14. The Morgan fingerprint density at radius 3 is 2.74 bits per heavy atom. The molecule has 1 atom stereocenters. The Morgan fingerprint density at radius 1 is 1.37 bits per heavy atom. The standard InChI is InChI=1S/C15H29N3O/c1-3-15(7-9-16-10-8-15)14(19)17-12-13-6-4-5-11-18(13)2/h13,16H,3-12H2,1-2H3,(H,17,19). The van der Waals surface area contributed by atoms with Crippen LogP contribution in [0.4, 0.5) is 0 Å². The Bertz CT molecular complexity index is 300. The lowest BCUT2D eigenvalue weighted by Gasteiger charge is -2.37. The predicted molar refractivity (Wildman–Crippen MR) is 78.1 cm³/mol. The second-order valence-electron chi connectivity index (χ2n) is 6.22. The summed E-state index contributed by atoms with van der Waals surface area (Å²) in [7, 11) is 2.18. The van der Waals surface area contributed by atoms with Gasteiger partial charge >= 0.3 is 0 Å². The normalized spacial score (nSPS) is 28.0. The quantitative estimate of drug-likeness (QED) is 0.808. The van der Waals surface area contributed by atoms with Crippen molar-refractivity contribution < 1.29 is 4.79 Å². The van der Waals surface area contributed by atoms with Gasteiger partial charge in [-0.15, -0.1) is 0 Å². The van der Waals surface area contributed by atoms with E-state index in [-0.39, 0.29) is 11.3 Å². The summed E-state index contributed by atoms with van der Waals surface area (Å²) in [4.78, 5) is 14.9. The molecule has 2 aliphatic heterocycles. The lowest BCUT2D eigenvalue weighted by Crippen LogP contribution is -2.51. The monoisotopic (exact) mass is 267 g/mol. The molecule has 19 heavy (non-hydrogen) atoms. The second-order valence-corrected chi connectivity index (χ2v) is 6.22. The fourth-order valence-electron chi connectivity index (χ4n) is 3.45. The molecule has 0 spiro atoms. The van der Waals surface area contributed by atoms with Gasteiger partial charge < -0.3 is 15.5 Å². The number of carbonyl (C=O) groups excluding carboxylic acids is 1. The van der Waals surface area contributed by atoms with Gasteiger partial charge in [-0.1, -0.05) is 13.3 Å². The van der Waals surface area contributed by atoms with Gasteiger partial charge in [0.25, 0.3) is 0 Å². The first-order valence-electron chi connectivity index (χ1n) is 7.87. The van der Waals surface area contributed by atoms with Crippen LogP contribution in [0.15, 0.2) is 0 Å². The molecule has 2 rings (SSSR count). The third kappa shape index (κ3) is 3.48. The number of nitrogens with one attached hydrogen (secondary N) is 2. The van der Waals surface area contributed by atoms with Crippen molar-refractivity contribution >= 4 is 5.91 Å². The first-order chi connectivity index (χ1) is 9.18. The average Bonchev–Trinajstić information content (AvgIpc) is 2.46. The van der Waals surface area contributed by atoms with E-state index in [2.05, 4.69) is 29.5 Å². The Balaban J connectivity index is 1.85. The number of likely N-dealkylation sites (N-methyl/N-ethyl adjacent to an activating group) is 1. The molecule has 2 saturated heterocycles. The molecule has 2 fully saturated rings. The van der Waals surface area contributed by atoms with Crippen molar-refractivity contribution in [2.75, 3.05) is 33.2 Å². The molecule has 0 aliphatic carbocycles. The van der Waals surface area contributed by atoms with E-state index in [0.29, 0.717) is 6.04 Å². The molecule has 4 heteroatoms. The summed E-state index contributed by atoms with van der Waals surface area (Å²) in [6.45, 7) is 6.10. The average molecular weight is 267 g/mol. The molecule has 1 amide bonds. The van der Waals surface area contributed by atoms with Crippen molar-refractivity contribution in [2.24, 2.45) is 5.41 Å². The summed E-state index contributed by atoms with van der Waals surface area (Å²) in [5.74, 6) is 0.287. The van der Waals surface area contributed by atoms with Crippen LogP contribution in [0, 0.1) is 5.41 Å². The third-order valence-electron chi connectivity index (χ3n) is 5.14. The van der Waals surface area contributed by atoms with Crippen LogP contribution in [0.1, 0.15) is 45.4 Å². The molecule has 1 unspecified atom stereocenters. The van der Waals surface area contributed by atoms with E-state index in [1.165, 1.54) is 25.8 Å². The molecule has 2 heterocycles. The zero-order chi connectivity index (χ0) is 13.7. The van der Waals surface area contributed by atoms with Crippen LogP contribution < -0.4 is 10.6 Å². The molecule has 2 N–H and O–H groups in total. The summed E-state index contributed by atoms with van der Waals surface area (Å²) in [5.41, 5.74) is -0.113. The Morgan fingerprint density at radius 2 is 2.11 bits per heavy atom. The van der Waals surface area contributed by atoms with Gasteiger partial charge in [-0.3, -0.25) is 4.79 Å². The van der Waals surface area contributed by atoms with Crippen molar-refractivity contribution in [1.29, 1.82) is 0 Å². The fourth-order valence-corrected chi connectivity index (χ4v) is 3.45. The van der Waals surface area contributed by atoms with Gasteiger partial charge in [0.05, 0.1) is 5.41 Å². The minimum Gasteiger partial charge on any atom is -0.354 e. The largest absolute Gasteiger partial charge is 0.354 e. The summed E-state index contributed by atoms with van der Waals surface area (Å²) in [6, 6.07) is 0.535. The highest BCUT2D eigenvalue weighted by Crippen LogP contribution is 2.32. The molecule has 0 saturated carbocycles. The summed E-state index contributed by atoms with van der Waals surface area (Å²) < 4.78 is 0. The maximum Gasteiger partial charge on any atom is 0.226 e. The van der Waals surface area contributed by atoms with Gasteiger partial charge in [0.2, 0.25) is 5.91 Å². The minimum atomic E-state index is -0.113. The SMILES string of the molecule is CCC1(C(=O)NCC2CCCCN2C)CCNCC1. The first kappa shape index (κ1) is 14.8. The molecular formula is C15H29N3O. The first-order valence-corrected chi connectivity index (χ1v) is 7.87. The van der Waals surface area contributed by atoms with E-state index in [0.717, 1.165) is 38.9 Å². The number of likely N-dealkylation sites (tertiary alicyclic amines) is 1. The molecule has 110 valence electrons. The maximum absolute atomic E-state index is 12.5. The van der Waals surface area contributed by atoms with Crippen LogP contribution >= 0.6 is 0 Å². The maximum atomic E-state index is 12.5. The Kier molecular flexibility index (Phi) is 5.22. The van der Waals surface area contributed by atoms with Crippen LogP contribution in [-0.2, 0) is 4.79 Å². The number of piperidine rings is 2. The molecule has 4 nitrogen and oxygen atoms in total. The topological polar surface area (TPSA) is 44.4 Å². The highest BCUT2D eigenvalue weighted by atomic mass is 16.2. The van der Waals surface area contributed by atoms with E-state index in [4.69, 9.17) is 0 Å². The number of hydrogen-bond acceptors (Lipinski definition) is 3. The second kappa shape index (κ2) is 6.71. The highest BCUT2D eigenvalue weighted by Gasteiger charge is 2.37. The highest BCUT2D eigenvalue weighted by molar-refractivity contribution is 5.82. The van der Waals surface area contributed by atoms with Gasteiger partial charge in [0, 0.05) is 12.6 Å². The van der Waals surface area contributed by atoms with Crippen molar-refractivity contribution in [3.63, 3.8) is 0 Å². The molecular weight excluding hydrogens is 238 g/mol. The van der Waals surface area contributed by atoms with Gasteiger partial charge in [0.15, 0.2) is 0 Å². The van der Waals surface area contributed by atoms with E-state index in [9.17, 15) is 4.79 Å². The lowest BCUT2D eigenvalue weighted by atomic mass is 9.76. The van der Waals surface area contributed by atoms with Crippen LogP contribution in [0.2, 0.25) is 0 Å². The number of hydrogen-bond donors (Lipinski definition) is 2. The number of carbonyl (C=O) groups is 1. The summed E-state index contributed by atoms with van der Waals surface area (Å²) >= 11 is 0. The Labute approximate surface area is 117 Å². The lowest BCUT2D eigenvalue weighted by molar-refractivity contribution is -0.133. The van der Waals surface area contributed by atoms with Gasteiger partial charge in [-0.2, -0.15) is 0 Å². The molecule has 0 aromatic heterocycles. The molecule has 0 aromatic carbocycles. The fraction of sp³-hybridized carbons (Fsp3) is 0.933. The van der Waals surface area contributed by atoms with E-state index in [1.54, 1.807) is 0 Å². The van der Waals surface area contributed by atoms with Crippen molar-refractivity contribution in [1.82, 2.24) is 15.5 Å². The number of rotatable bonds is 4. The van der Waals surface area contributed by atoms with E-state index < -0.39 is 0 Å². The molecule has 0 radical (unpaired) electrons. The van der Waals surface area contributed by atoms with E-state index >= 15 is 0 Å². The van der Waals surface area contributed by atoms with Crippen LogP contribution in [0.5, 0.6) is 0 Å². The van der Waals surface area contributed by atoms with Crippen LogP contribution in [0.25, 0.3) is 0 Å². The van der Waals surface area contributed by atoms with E-state index in [1.807, 2.05) is 0 Å². The molecule has 0 aromatic rings. The number of nitrogens with zero attached hydrogens (tertiary/aromatic N) is 1.